The van der Waals surface area contributed by atoms with Gasteiger partial charge in [-0.3, -0.25) is 20.7 Å². The van der Waals surface area contributed by atoms with E-state index in [-0.39, 0.29) is 35.5 Å². The van der Waals surface area contributed by atoms with Crippen LogP contribution in [0.3, 0.4) is 0 Å². The summed E-state index contributed by atoms with van der Waals surface area (Å²) in [6.07, 6.45) is 5.82. The smallest absolute Gasteiger partial charge is 0.320 e. The molecule has 3 aromatic rings. The molecule has 0 radical (unpaired) electrons. The second kappa shape index (κ2) is 14.9. The van der Waals surface area contributed by atoms with E-state index in [0.717, 1.165) is 48.3 Å². The van der Waals surface area contributed by atoms with E-state index >= 15 is 0 Å². The number of fused-ring (bicyclic) bond motifs is 1. The Bertz CT molecular complexity index is 1680. The maximum Gasteiger partial charge on any atom is 0.320 e. The number of nitrogens with one attached hydrogen (secondary N) is 6. The van der Waals surface area contributed by atoms with Gasteiger partial charge in [-0.05, 0) is 92.4 Å². The molecule has 10 heteroatoms. The molecule has 2 atom stereocenters. The Kier molecular flexibility index (Phi) is 10.7. The van der Waals surface area contributed by atoms with Gasteiger partial charge in [0, 0.05) is 18.6 Å². The monoisotopic (exact) mass is 636 g/mol. The van der Waals surface area contributed by atoms with Crippen molar-refractivity contribution in [3.8, 4) is 5.75 Å². The molecule has 0 spiro atoms. The molecule has 0 saturated carbocycles. The number of aryl methyl sites for hydroxylation is 1. The number of ether oxygens (including phenoxy) is 1. The maximum absolute atomic E-state index is 13.4. The predicted molar refractivity (Wildman–Crippen MR) is 187 cm³/mol. The average molecular weight is 637 g/mol. The Morgan fingerprint density at radius 1 is 0.979 bits per heavy atom. The normalized spacial score (nSPS) is 18.6. The highest BCUT2D eigenvalue weighted by Crippen LogP contribution is 2.38. The molecule has 10 nitrogen and oxygen atoms in total. The van der Waals surface area contributed by atoms with Crippen molar-refractivity contribution in [2.24, 2.45) is 16.3 Å². The SMILES string of the molecule is Cc1ccc(N=C(CC(=N)C(C)(C)C)NC(=O)NC2CCC(Oc3ccc(=N)n(C(=N)CC4CCNCC4)c3)c3ccccc32)cc1. The van der Waals surface area contributed by atoms with Crippen molar-refractivity contribution >= 4 is 29.1 Å². The Balaban J connectivity index is 1.28. The Morgan fingerprint density at radius 2 is 1.68 bits per heavy atom. The number of urea groups is 1. The molecule has 5 rings (SSSR count). The number of pyridine rings is 1. The lowest BCUT2D eigenvalue weighted by atomic mass is 9.85. The van der Waals surface area contributed by atoms with E-state index in [1.807, 2.05) is 76.2 Å². The van der Waals surface area contributed by atoms with Crippen LogP contribution in [0.2, 0.25) is 0 Å². The van der Waals surface area contributed by atoms with Gasteiger partial charge in [-0.1, -0.05) is 62.7 Å². The Hall–Kier alpha value is -4.57. The van der Waals surface area contributed by atoms with Gasteiger partial charge in [-0.15, -0.1) is 0 Å². The number of carbonyl (C=O) groups excluding carboxylic acids is 1. The number of aromatic nitrogens is 1. The van der Waals surface area contributed by atoms with Gasteiger partial charge in [0.2, 0.25) is 0 Å². The molecule has 2 aliphatic rings. The van der Waals surface area contributed by atoms with Crippen molar-refractivity contribution in [1.82, 2.24) is 20.5 Å². The number of benzene rings is 2. The molecule has 2 amide bonds. The molecule has 248 valence electrons. The largest absolute Gasteiger partial charge is 0.484 e. The molecule has 0 bridgehead atoms. The van der Waals surface area contributed by atoms with Crippen LogP contribution in [0.25, 0.3) is 0 Å². The first-order valence-corrected chi connectivity index (χ1v) is 16.6. The first kappa shape index (κ1) is 33.8. The van der Waals surface area contributed by atoms with Gasteiger partial charge in [0.1, 0.15) is 29.0 Å². The van der Waals surface area contributed by atoms with Crippen LogP contribution in [0, 0.1) is 34.5 Å². The van der Waals surface area contributed by atoms with Crippen LogP contribution in [-0.4, -0.2) is 41.1 Å². The molecular formula is C37H48N8O2. The first-order chi connectivity index (χ1) is 22.5. The summed E-state index contributed by atoms with van der Waals surface area (Å²) in [5.74, 6) is 1.89. The molecule has 2 unspecified atom stereocenters. The highest BCUT2D eigenvalue weighted by atomic mass is 16.5. The van der Waals surface area contributed by atoms with E-state index in [2.05, 4.69) is 16.0 Å². The van der Waals surface area contributed by atoms with Gasteiger partial charge < -0.3 is 20.8 Å². The zero-order valence-electron chi connectivity index (χ0n) is 28.0. The minimum Gasteiger partial charge on any atom is -0.484 e. The number of rotatable bonds is 8. The number of hydrogen-bond acceptors (Lipinski definition) is 7. The van der Waals surface area contributed by atoms with Crippen molar-refractivity contribution in [1.29, 1.82) is 16.2 Å². The minimum atomic E-state index is -0.365. The van der Waals surface area contributed by atoms with Crippen LogP contribution >= 0.6 is 0 Å². The van der Waals surface area contributed by atoms with Crippen LogP contribution in [0.4, 0.5) is 10.5 Å². The topological polar surface area (TPSA) is 151 Å². The van der Waals surface area contributed by atoms with Gasteiger partial charge in [-0.2, -0.15) is 0 Å². The fraction of sp³-hybridized carbons (Fsp3) is 0.432. The number of aliphatic imine (C=N–C) groups is 1. The third-order valence-electron chi connectivity index (χ3n) is 8.98. The summed E-state index contributed by atoms with van der Waals surface area (Å²) in [6.45, 7) is 9.91. The van der Waals surface area contributed by atoms with Crippen molar-refractivity contribution < 1.29 is 9.53 Å². The number of carbonyl (C=O) groups is 1. The van der Waals surface area contributed by atoms with Crippen LogP contribution in [0.1, 0.15) is 88.1 Å². The summed E-state index contributed by atoms with van der Waals surface area (Å²) < 4.78 is 8.12. The van der Waals surface area contributed by atoms with Gasteiger partial charge in [0.25, 0.3) is 0 Å². The Morgan fingerprint density at radius 3 is 2.38 bits per heavy atom. The van der Waals surface area contributed by atoms with E-state index in [1.54, 1.807) is 22.9 Å². The van der Waals surface area contributed by atoms with E-state index < -0.39 is 0 Å². The lowest BCUT2D eigenvalue weighted by molar-refractivity contribution is 0.171. The van der Waals surface area contributed by atoms with Gasteiger partial charge >= 0.3 is 6.03 Å². The molecule has 2 aromatic carbocycles. The van der Waals surface area contributed by atoms with Gasteiger partial charge in [-0.25, -0.2) is 9.79 Å². The van der Waals surface area contributed by atoms with Crippen LogP contribution in [0.15, 0.2) is 71.9 Å². The van der Waals surface area contributed by atoms with Crippen molar-refractivity contribution in [2.45, 2.75) is 78.4 Å². The third-order valence-corrected chi connectivity index (χ3v) is 8.98. The first-order valence-electron chi connectivity index (χ1n) is 16.6. The van der Waals surface area contributed by atoms with E-state index in [4.69, 9.17) is 26.0 Å². The Labute approximate surface area is 277 Å². The van der Waals surface area contributed by atoms with Crippen LogP contribution < -0.4 is 26.2 Å². The zero-order valence-corrected chi connectivity index (χ0v) is 28.0. The summed E-state index contributed by atoms with van der Waals surface area (Å²) in [7, 11) is 0. The number of amidine groups is 1. The second-order valence-electron chi connectivity index (χ2n) is 13.7. The number of hydrogen-bond donors (Lipinski definition) is 6. The highest BCUT2D eigenvalue weighted by Gasteiger charge is 2.30. The van der Waals surface area contributed by atoms with E-state index in [9.17, 15) is 4.79 Å². The van der Waals surface area contributed by atoms with Gasteiger partial charge in [0.15, 0.2) is 0 Å². The standard InChI is InChI=1S/C37H48N8O2/c1-24-9-11-26(12-10-24)42-35(22-32(38)37(2,3)4)44-36(46)43-30-14-15-31(29-8-6-5-7-28(29)30)47-27-13-16-33(39)45(23-27)34(40)21-25-17-19-41-20-18-25/h5-13,16,23,25,30-31,38-41H,14-15,17-22H2,1-4H3,(H2,42,43,44,46). The number of amides is 2. The van der Waals surface area contributed by atoms with Gasteiger partial charge in [0.05, 0.1) is 17.9 Å². The quantitative estimate of drug-likeness (QED) is 0.117. The van der Waals surface area contributed by atoms with Crippen molar-refractivity contribution in [2.75, 3.05) is 13.1 Å². The van der Waals surface area contributed by atoms with Crippen LogP contribution in [-0.2, 0) is 0 Å². The van der Waals surface area contributed by atoms with Crippen molar-refractivity contribution in [3.63, 3.8) is 0 Å². The molecule has 1 aliphatic heterocycles. The third kappa shape index (κ3) is 9.04. The molecular weight excluding hydrogens is 588 g/mol. The lowest BCUT2D eigenvalue weighted by Gasteiger charge is -2.32. The second-order valence-corrected chi connectivity index (χ2v) is 13.7. The highest BCUT2D eigenvalue weighted by molar-refractivity contribution is 6.09. The predicted octanol–water partition coefficient (Wildman–Crippen LogP) is 6.93. The molecule has 1 aromatic heterocycles. The fourth-order valence-electron chi connectivity index (χ4n) is 6.06. The average Bonchev–Trinajstić information content (AvgIpc) is 3.04. The van der Waals surface area contributed by atoms with E-state index in [1.165, 1.54) is 0 Å². The van der Waals surface area contributed by atoms with Crippen LogP contribution in [0.5, 0.6) is 5.75 Å². The molecule has 1 fully saturated rings. The minimum absolute atomic E-state index is 0.229. The number of nitrogens with zero attached hydrogens (tertiary/aromatic N) is 2. The fourth-order valence-corrected chi connectivity index (χ4v) is 6.06. The molecule has 6 N–H and O–H groups in total. The molecule has 2 heterocycles. The summed E-state index contributed by atoms with van der Waals surface area (Å²) in [4.78, 5) is 18.1. The zero-order chi connectivity index (χ0) is 33.6. The lowest BCUT2D eigenvalue weighted by Crippen LogP contribution is -2.43. The summed E-state index contributed by atoms with van der Waals surface area (Å²) in [5, 5.41) is 35.2. The summed E-state index contributed by atoms with van der Waals surface area (Å²) in [6, 6.07) is 18.6. The molecule has 47 heavy (non-hydrogen) atoms. The molecule has 1 saturated heterocycles. The maximum atomic E-state index is 13.4. The summed E-state index contributed by atoms with van der Waals surface area (Å²) >= 11 is 0. The van der Waals surface area contributed by atoms with Crippen molar-refractivity contribution in [3.05, 3.63) is 89.0 Å². The summed E-state index contributed by atoms with van der Waals surface area (Å²) in [5.41, 5.74) is 4.22. The van der Waals surface area contributed by atoms with E-state index in [0.29, 0.717) is 48.3 Å². The molecule has 1 aliphatic carbocycles. The number of piperidine rings is 1.